The van der Waals surface area contributed by atoms with Crippen LogP contribution in [0.4, 0.5) is 4.79 Å². The predicted molar refractivity (Wildman–Crippen MR) is 97.2 cm³/mol. The zero-order chi connectivity index (χ0) is 19.3. The molecule has 0 bridgehead atoms. The molecule has 1 aliphatic rings. The number of hydrogen-bond acceptors (Lipinski definition) is 4. The van der Waals surface area contributed by atoms with E-state index in [2.05, 4.69) is 5.32 Å². The molecule has 2 atom stereocenters. The Morgan fingerprint density at radius 2 is 1.92 bits per heavy atom. The number of carbonyl (C=O) groups is 3. The number of nitrogens with zero attached hydrogens (tertiary/aromatic N) is 1. The zero-order valence-corrected chi connectivity index (χ0v) is 15.5. The Hall–Kier alpha value is -2.57. The molecule has 142 valence electrons. The summed E-state index contributed by atoms with van der Waals surface area (Å²) < 4.78 is 5.28. The SMILES string of the molecule is CC(C)(C)OC(=O)N[C@H](Cc1ccccc1)C(=O)N1CCC[C@H]1C(N)=O. The maximum Gasteiger partial charge on any atom is 0.408 e. The van der Waals surface area contributed by atoms with Crippen molar-refractivity contribution in [3.8, 4) is 0 Å². The lowest BCUT2D eigenvalue weighted by atomic mass is 10.0. The standard InChI is InChI=1S/C19H27N3O4/c1-19(2,3)26-18(25)21-14(12-13-8-5-4-6-9-13)17(24)22-11-7-10-15(22)16(20)23/h4-6,8-9,14-15H,7,10-12H2,1-3H3,(H2,20,23)(H,21,25)/t14-,15+/m1/s1. The van der Waals surface area contributed by atoms with Crippen LogP contribution >= 0.6 is 0 Å². The second-order valence-electron chi connectivity index (χ2n) is 7.48. The summed E-state index contributed by atoms with van der Waals surface area (Å²) in [5, 5.41) is 2.65. The first-order chi connectivity index (χ1) is 12.2. The number of rotatable bonds is 5. The first-order valence-electron chi connectivity index (χ1n) is 8.80. The van der Waals surface area contributed by atoms with E-state index in [1.165, 1.54) is 4.90 Å². The molecule has 0 radical (unpaired) electrons. The van der Waals surface area contributed by atoms with Gasteiger partial charge in [-0.05, 0) is 39.2 Å². The van der Waals surface area contributed by atoms with Crippen molar-refractivity contribution in [3.63, 3.8) is 0 Å². The molecule has 0 aliphatic carbocycles. The zero-order valence-electron chi connectivity index (χ0n) is 15.5. The first kappa shape index (κ1) is 19.8. The van der Waals surface area contributed by atoms with Gasteiger partial charge in [0.2, 0.25) is 11.8 Å². The van der Waals surface area contributed by atoms with Crippen molar-refractivity contribution in [2.45, 2.75) is 57.7 Å². The molecule has 0 saturated carbocycles. The number of alkyl carbamates (subject to hydrolysis) is 1. The van der Waals surface area contributed by atoms with E-state index in [9.17, 15) is 14.4 Å². The summed E-state index contributed by atoms with van der Waals surface area (Å²) in [5.41, 5.74) is 5.65. The van der Waals surface area contributed by atoms with Gasteiger partial charge in [-0.25, -0.2) is 4.79 Å². The summed E-state index contributed by atoms with van der Waals surface area (Å²) in [6.07, 6.45) is 0.901. The summed E-state index contributed by atoms with van der Waals surface area (Å²) in [4.78, 5) is 38.3. The van der Waals surface area contributed by atoms with Crippen molar-refractivity contribution in [2.75, 3.05) is 6.54 Å². The number of nitrogens with one attached hydrogen (secondary N) is 1. The highest BCUT2D eigenvalue weighted by molar-refractivity contribution is 5.91. The maximum absolute atomic E-state index is 13.0. The predicted octanol–water partition coefficient (Wildman–Crippen LogP) is 1.60. The Balaban J connectivity index is 2.17. The van der Waals surface area contributed by atoms with Crippen LogP contribution in [0, 0.1) is 0 Å². The third-order valence-electron chi connectivity index (χ3n) is 4.14. The summed E-state index contributed by atoms with van der Waals surface area (Å²) in [6.45, 7) is 5.71. The minimum absolute atomic E-state index is 0.306. The van der Waals surface area contributed by atoms with Gasteiger partial charge in [0.15, 0.2) is 0 Å². The molecule has 1 fully saturated rings. The van der Waals surface area contributed by atoms with Crippen molar-refractivity contribution in [1.82, 2.24) is 10.2 Å². The molecule has 0 unspecified atom stereocenters. The van der Waals surface area contributed by atoms with Crippen molar-refractivity contribution in [3.05, 3.63) is 35.9 Å². The summed E-state index contributed by atoms with van der Waals surface area (Å²) in [7, 11) is 0. The fourth-order valence-electron chi connectivity index (χ4n) is 3.03. The number of primary amides is 1. The lowest BCUT2D eigenvalue weighted by molar-refractivity contribution is -0.139. The highest BCUT2D eigenvalue weighted by Crippen LogP contribution is 2.19. The van der Waals surface area contributed by atoms with Crippen LogP contribution in [0.5, 0.6) is 0 Å². The average Bonchev–Trinajstić information content (AvgIpc) is 3.02. The van der Waals surface area contributed by atoms with Crippen molar-refractivity contribution >= 4 is 17.9 Å². The monoisotopic (exact) mass is 361 g/mol. The number of carbonyl (C=O) groups excluding carboxylic acids is 3. The Labute approximate surface area is 153 Å². The van der Waals surface area contributed by atoms with Crippen LogP contribution in [-0.2, 0) is 20.7 Å². The quantitative estimate of drug-likeness (QED) is 0.831. The van der Waals surface area contributed by atoms with E-state index in [-0.39, 0.29) is 5.91 Å². The van der Waals surface area contributed by atoms with Gasteiger partial charge in [0, 0.05) is 13.0 Å². The molecule has 1 saturated heterocycles. The third kappa shape index (κ3) is 5.47. The van der Waals surface area contributed by atoms with Gasteiger partial charge in [-0.15, -0.1) is 0 Å². The molecule has 1 aliphatic heterocycles. The van der Waals surface area contributed by atoms with Crippen LogP contribution in [0.15, 0.2) is 30.3 Å². The number of ether oxygens (including phenoxy) is 1. The fourth-order valence-corrected chi connectivity index (χ4v) is 3.03. The number of amides is 3. The molecule has 1 aromatic carbocycles. The molecule has 26 heavy (non-hydrogen) atoms. The normalized spacial score (nSPS) is 18.3. The smallest absolute Gasteiger partial charge is 0.408 e. The second-order valence-corrected chi connectivity index (χ2v) is 7.48. The van der Waals surface area contributed by atoms with Gasteiger partial charge >= 0.3 is 6.09 Å². The molecule has 1 aromatic rings. The van der Waals surface area contributed by atoms with E-state index in [1.807, 2.05) is 30.3 Å². The molecule has 7 nitrogen and oxygen atoms in total. The molecule has 0 aromatic heterocycles. The highest BCUT2D eigenvalue weighted by atomic mass is 16.6. The Bertz CT molecular complexity index is 654. The van der Waals surface area contributed by atoms with Gasteiger partial charge < -0.3 is 20.7 Å². The van der Waals surface area contributed by atoms with E-state index in [4.69, 9.17) is 10.5 Å². The Morgan fingerprint density at radius 1 is 1.27 bits per heavy atom. The van der Waals surface area contributed by atoms with Gasteiger partial charge in [0.1, 0.15) is 17.7 Å². The van der Waals surface area contributed by atoms with Gasteiger partial charge in [-0.1, -0.05) is 30.3 Å². The first-order valence-corrected chi connectivity index (χ1v) is 8.80. The Morgan fingerprint density at radius 3 is 2.50 bits per heavy atom. The van der Waals surface area contributed by atoms with Crippen LogP contribution < -0.4 is 11.1 Å². The van der Waals surface area contributed by atoms with Crippen LogP contribution in [0.2, 0.25) is 0 Å². The van der Waals surface area contributed by atoms with Crippen molar-refractivity contribution in [1.29, 1.82) is 0 Å². The van der Waals surface area contributed by atoms with Gasteiger partial charge in [-0.3, -0.25) is 9.59 Å². The van der Waals surface area contributed by atoms with Gasteiger partial charge in [0.05, 0.1) is 0 Å². The van der Waals surface area contributed by atoms with Crippen LogP contribution in [0.1, 0.15) is 39.2 Å². The molecule has 3 amide bonds. The van der Waals surface area contributed by atoms with E-state index in [1.54, 1.807) is 20.8 Å². The summed E-state index contributed by atoms with van der Waals surface area (Å²) in [6, 6.07) is 7.93. The topological polar surface area (TPSA) is 102 Å². The van der Waals surface area contributed by atoms with E-state index < -0.39 is 29.7 Å². The van der Waals surface area contributed by atoms with Crippen LogP contribution in [-0.4, -0.2) is 47.0 Å². The van der Waals surface area contributed by atoms with Crippen molar-refractivity contribution < 1.29 is 19.1 Å². The number of benzene rings is 1. The lowest BCUT2D eigenvalue weighted by Crippen LogP contribution is -2.54. The third-order valence-corrected chi connectivity index (χ3v) is 4.14. The van der Waals surface area contributed by atoms with Gasteiger partial charge in [0.25, 0.3) is 0 Å². The summed E-state index contributed by atoms with van der Waals surface area (Å²) >= 11 is 0. The molecule has 0 spiro atoms. The molecule has 2 rings (SSSR count). The minimum atomic E-state index is -0.827. The highest BCUT2D eigenvalue weighted by Gasteiger charge is 2.37. The number of hydrogen-bond donors (Lipinski definition) is 2. The maximum atomic E-state index is 13.0. The minimum Gasteiger partial charge on any atom is -0.444 e. The molecular weight excluding hydrogens is 334 g/mol. The Kier molecular flexibility index (Phi) is 6.23. The average molecular weight is 361 g/mol. The van der Waals surface area contributed by atoms with Gasteiger partial charge in [-0.2, -0.15) is 0 Å². The van der Waals surface area contributed by atoms with E-state index in [0.29, 0.717) is 25.8 Å². The van der Waals surface area contributed by atoms with E-state index >= 15 is 0 Å². The number of nitrogens with two attached hydrogens (primary N) is 1. The molecular formula is C19H27N3O4. The van der Waals surface area contributed by atoms with Crippen LogP contribution in [0.3, 0.4) is 0 Å². The second kappa shape index (κ2) is 8.21. The summed E-state index contributed by atoms with van der Waals surface area (Å²) in [5.74, 6) is -0.840. The molecule has 3 N–H and O–H groups in total. The van der Waals surface area contributed by atoms with E-state index in [0.717, 1.165) is 5.56 Å². The van der Waals surface area contributed by atoms with Crippen LogP contribution in [0.25, 0.3) is 0 Å². The largest absolute Gasteiger partial charge is 0.444 e. The number of likely N-dealkylation sites (tertiary alicyclic amines) is 1. The fraction of sp³-hybridized carbons (Fsp3) is 0.526. The van der Waals surface area contributed by atoms with Crippen molar-refractivity contribution in [2.24, 2.45) is 5.73 Å². The lowest BCUT2D eigenvalue weighted by Gasteiger charge is -2.29. The molecule has 7 heteroatoms. The molecule has 1 heterocycles.